The predicted octanol–water partition coefficient (Wildman–Crippen LogP) is 4.68. The molecule has 2 heterocycles. The molecule has 1 amide bonds. The molecule has 0 fully saturated rings. The molecule has 1 aromatic carbocycles. The van der Waals surface area contributed by atoms with Crippen molar-refractivity contribution in [1.29, 1.82) is 0 Å². The number of anilines is 3. The maximum absolute atomic E-state index is 12.2. The van der Waals surface area contributed by atoms with Gasteiger partial charge in [0, 0.05) is 28.0 Å². The van der Waals surface area contributed by atoms with Gasteiger partial charge in [0.1, 0.15) is 5.76 Å². The van der Waals surface area contributed by atoms with E-state index in [0.29, 0.717) is 38.6 Å². The lowest BCUT2D eigenvalue weighted by atomic mass is 10.2. The zero-order chi connectivity index (χ0) is 17.1. The SMILES string of the molecule is Cc1cc(NC(=O)c2cncc(Nc3cc(Cl)cc(Cl)c3)c2)no1. The van der Waals surface area contributed by atoms with Crippen LogP contribution >= 0.6 is 23.2 Å². The quantitative estimate of drug-likeness (QED) is 0.704. The van der Waals surface area contributed by atoms with Crippen LogP contribution in [0.5, 0.6) is 0 Å². The smallest absolute Gasteiger partial charge is 0.258 e. The molecule has 8 heteroatoms. The molecule has 0 atom stereocenters. The van der Waals surface area contributed by atoms with Crippen molar-refractivity contribution in [2.45, 2.75) is 6.92 Å². The number of amides is 1. The van der Waals surface area contributed by atoms with Gasteiger partial charge in [-0.25, -0.2) is 0 Å². The number of aryl methyl sites for hydroxylation is 1. The number of hydrogen-bond acceptors (Lipinski definition) is 5. The van der Waals surface area contributed by atoms with Crippen LogP contribution in [0.3, 0.4) is 0 Å². The summed E-state index contributed by atoms with van der Waals surface area (Å²) in [5, 5.41) is 10.5. The molecule has 0 saturated carbocycles. The van der Waals surface area contributed by atoms with Crippen molar-refractivity contribution in [2.75, 3.05) is 10.6 Å². The predicted molar refractivity (Wildman–Crippen MR) is 93.2 cm³/mol. The van der Waals surface area contributed by atoms with Crippen LogP contribution in [-0.2, 0) is 0 Å². The molecule has 122 valence electrons. The Bertz CT molecular complexity index is 875. The van der Waals surface area contributed by atoms with E-state index < -0.39 is 0 Å². The van der Waals surface area contributed by atoms with Gasteiger partial charge in [0.05, 0.1) is 17.4 Å². The fraction of sp³-hybridized carbons (Fsp3) is 0.0625. The molecule has 0 saturated heterocycles. The van der Waals surface area contributed by atoms with E-state index in [0.717, 1.165) is 0 Å². The van der Waals surface area contributed by atoms with Crippen molar-refractivity contribution >= 4 is 46.3 Å². The number of rotatable bonds is 4. The summed E-state index contributed by atoms with van der Waals surface area (Å²) in [6, 6.07) is 8.36. The maximum atomic E-state index is 12.2. The van der Waals surface area contributed by atoms with E-state index in [4.69, 9.17) is 27.7 Å². The number of nitrogens with one attached hydrogen (secondary N) is 2. The van der Waals surface area contributed by atoms with Crippen molar-refractivity contribution in [3.05, 3.63) is 64.1 Å². The Balaban J connectivity index is 1.77. The number of pyridine rings is 1. The molecule has 0 bridgehead atoms. The van der Waals surface area contributed by atoms with Crippen molar-refractivity contribution in [2.24, 2.45) is 0 Å². The summed E-state index contributed by atoms with van der Waals surface area (Å²) in [4.78, 5) is 16.3. The fourth-order valence-electron chi connectivity index (χ4n) is 2.04. The summed E-state index contributed by atoms with van der Waals surface area (Å²) >= 11 is 11.9. The van der Waals surface area contributed by atoms with Gasteiger partial charge in [-0.15, -0.1) is 0 Å². The van der Waals surface area contributed by atoms with E-state index in [1.165, 1.54) is 6.20 Å². The van der Waals surface area contributed by atoms with Gasteiger partial charge < -0.3 is 15.2 Å². The molecule has 0 aliphatic carbocycles. The minimum Gasteiger partial charge on any atom is -0.360 e. The normalized spacial score (nSPS) is 10.5. The molecule has 2 aromatic heterocycles. The van der Waals surface area contributed by atoms with Gasteiger partial charge in [0.2, 0.25) is 0 Å². The Morgan fingerprint density at radius 2 is 1.79 bits per heavy atom. The fourth-order valence-corrected chi connectivity index (χ4v) is 2.56. The average molecular weight is 363 g/mol. The van der Waals surface area contributed by atoms with Crippen molar-refractivity contribution in [3.63, 3.8) is 0 Å². The third-order valence-corrected chi connectivity index (χ3v) is 3.46. The van der Waals surface area contributed by atoms with Gasteiger partial charge in [-0.3, -0.25) is 9.78 Å². The largest absolute Gasteiger partial charge is 0.360 e. The van der Waals surface area contributed by atoms with Crippen LogP contribution < -0.4 is 10.6 Å². The average Bonchev–Trinajstić information content (AvgIpc) is 2.91. The summed E-state index contributed by atoms with van der Waals surface area (Å²) in [7, 11) is 0. The first-order valence-corrected chi connectivity index (χ1v) is 7.68. The summed E-state index contributed by atoms with van der Waals surface area (Å²) in [5.41, 5.74) is 1.69. The van der Waals surface area contributed by atoms with Gasteiger partial charge in [0.25, 0.3) is 5.91 Å². The molecule has 0 aliphatic rings. The summed E-state index contributed by atoms with van der Waals surface area (Å²) in [6.45, 7) is 1.74. The second-order valence-electron chi connectivity index (χ2n) is 5.02. The number of carbonyl (C=O) groups is 1. The Labute approximate surface area is 147 Å². The van der Waals surface area contributed by atoms with Gasteiger partial charge in [-0.1, -0.05) is 28.4 Å². The lowest BCUT2D eigenvalue weighted by molar-refractivity contribution is 0.102. The molecule has 2 N–H and O–H groups in total. The third-order valence-electron chi connectivity index (χ3n) is 3.02. The minimum absolute atomic E-state index is 0.344. The summed E-state index contributed by atoms with van der Waals surface area (Å²) in [6.07, 6.45) is 3.05. The van der Waals surface area contributed by atoms with E-state index >= 15 is 0 Å². The molecular formula is C16H12Cl2N4O2. The highest BCUT2D eigenvalue weighted by Gasteiger charge is 2.10. The first-order chi connectivity index (χ1) is 11.5. The van der Waals surface area contributed by atoms with Crippen molar-refractivity contribution in [1.82, 2.24) is 10.1 Å². The van der Waals surface area contributed by atoms with E-state index in [1.807, 2.05) is 0 Å². The van der Waals surface area contributed by atoms with Crippen LogP contribution in [0, 0.1) is 6.92 Å². The third kappa shape index (κ3) is 4.04. The lowest BCUT2D eigenvalue weighted by Crippen LogP contribution is -2.12. The molecular weight excluding hydrogens is 351 g/mol. The number of carbonyl (C=O) groups excluding carboxylic acids is 1. The Morgan fingerprint density at radius 3 is 2.46 bits per heavy atom. The molecule has 24 heavy (non-hydrogen) atoms. The number of benzene rings is 1. The van der Waals surface area contributed by atoms with Gasteiger partial charge >= 0.3 is 0 Å². The zero-order valence-electron chi connectivity index (χ0n) is 12.5. The van der Waals surface area contributed by atoms with Crippen LogP contribution in [0.1, 0.15) is 16.1 Å². The van der Waals surface area contributed by atoms with Crippen LogP contribution in [0.4, 0.5) is 17.2 Å². The Kier molecular flexibility index (Phi) is 4.69. The molecule has 0 radical (unpaired) electrons. The first-order valence-electron chi connectivity index (χ1n) is 6.92. The van der Waals surface area contributed by atoms with Gasteiger partial charge in [-0.05, 0) is 31.2 Å². The number of hydrogen-bond donors (Lipinski definition) is 2. The molecule has 3 aromatic rings. The first kappa shape index (κ1) is 16.3. The van der Waals surface area contributed by atoms with Gasteiger partial charge in [-0.2, -0.15) is 0 Å². The second-order valence-corrected chi connectivity index (χ2v) is 5.90. The van der Waals surface area contributed by atoms with E-state index in [1.54, 1.807) is 43.5 Å². The summed E-state index contributed by atoms with van der Waals surface area (Å²) < 4.78 is 4.91. The summed E-state index contributed by atoms with van der Waals surface area (Å²) in [5.74, 6) is 0.609. The molecule has 0 spiro atoms. The maximum Gasteiger partial charge on any atom is 0.258 e. The van der Waals surface area contributed by atoms with Crippen molar-refractivity contribution in [3.8, 4) is 0 Å². The minimum atomic E-state index is -0.344. The van der Waals surface area contributed by atoms with Crippen molar-refractivity contribution < 1.29 is 9.32 Å². The Morgan fingerprint density at radius 1 is 1.04 bits per heavy atom. The van der Waals surface area contributed by atoms with Crippen LogP contribution in [-0.4, -0.2) is 16.0 Å². The molecule has 0 aliphatic heterocycles. The monoisotopic (exact) mass is 362 g/mol. The Hall–Kier alpha value is -2.57. The van der Waals surface area contributed by atoms with Crippen LogP contribution in [0.25, 0.3) is 0 Å². The van der Waals surface area contributed by atoms with Gasteiger partial charge in [0.15, 0.2) is 5.82 Å². The number of nitrogens with zero attached hydrogens (tertiary/aromatic N) is 2. The molecule has 6 nitrogen and oxygen atoms in total. The lowest BCUT2D eigenvalue weighted by Gasteiger charge is -2.08. The highest BCUT2D eigenvalue weighted by molar-refractivity contribution is 6.35. The van der Waals surface area contributed by atoms with Crippen LogP contribution in [0.15, 0.2) is 47.2 Å². The van der Waals surface area contributed by atoms with Crippen LogP contribution in [0.2, 0.25) is 10.0 Å². The van der Waals surface area contributed by atoms with E-state index in [2.05, 4.69) is 20.8 Å². The standard InChI is InChI=1S/C16H12Cl2N4O2/c1-9-2-15(22-24-9)21-16(23)10-3-14(8-19-7-10)20-13-5-11(17)4-12(18)6-13/h2-8,20H,1H3,(H,21,22,23). The highest BCUT2D eigenvalue weighted by Crippen LogP contribution is 2.25. The van der Waals surface area contributed by atoms with E-state index in [-0.39, 0.29) is 5.91 Å². The molecule has 0 unspecified atom stereocenters. The number of halogens is 2. The number of aromatic nitrogens is 2. The zero-order valence-corrected chi connectivity index (χ0v) is 14.0. The van der Waals surface area contributed by atoms with E-state index in [9.17, 15) is 4.79 Å². The second kappa shape index (κ2) is 6.90. The highest BCUT2D eigenvalue weighted by atomic mass is 35.5. The molecule has 3 rings (SSSR count). The topological polar surface area (TPSA) is 80.0 Å².